The molecule has 1 fully saturated rings. The van der Waals surface area contributed by atoms with Gasteiger partial charge in [-0.05, 0) is 52.2 Å². The van der Waals surface area contributed by atoms with Crippen LogP contribution in [-0.4, -0.2) is 47.8 Å². The van der Waals surface area contributed by atoms with Crippen molar-refractivity contribution in [1.82, 2.24) is 10.2 Å². The van der Waals surface area contributed by atoms with Crippen LogP contribution in [0.1, 0.15) is 46.5 Å². The summed E-state index contributed by atoms with van der Waals surface area (Å²) in [5.74, 6) is 0. The SMILES string of the molecule is CCNC(C)(CO)CCCN(CC)C1CC1. The molecule has 0 radical (unpaired) electrons. The Morgan fingerprint density at radius 3 is 2.50 bits per heavy atom. The maximum atomic E-state index is 9.38. The Kier molecular flexibility index (Phi) is 5.73. The molecule has 3 nitrogen and oxygen atoms in total. The minimum atomic E-state index is -0.0856. The van der Waals surface area contributed by atoms with Crippen molar-refractivity contribution in [2.45, 2.75) is 58.0 Å². The van der Waals surface area contributed by atoms with E-state index < -0.39 is 0 Å². The van der Waals surface area contributed by atoms with Gasteiger partial charge in [-0.15, -0.1) is 0 Å². The normalized spacial score (nSPS) is 20.1. The van der Waals surface area contributed by atoms with Crippen LogP contribution in [0.4, 0.5) is 0 Å². The Balaban J connectivity index is 2.21. The molecule has 2 N–H and O–H groups in total. The number of nitrogens with zero attached hydrogens (tertiary/aromatic N) is 1. The van der Waals surface area contributed by atoms with E-state index in [1.165, 1.54) is 32.4 Å². The molecule has 1 rings (SSSR count). The lowest BCUT2D eigenvalue weighted by Crippen LogP contribution is -2.46. The second-order valence-electron chi connectivity index (χ2n) is 5.21. The number of hydrogen-bond acceptors (Lipinski definition) is 3. The van der Waals surface area contributed by atoms with Crippen molar-refractivity contribution in [2.75, 3.05) is 26.2 Å². The van der Waals surface area contributed by atoms with Crippen LogP contribution in [0.2, 0.25) is 0 Å². The zero-order valence-electron chi connectivity index (χ0n) is 11.1. The number of likely N-dealkylation sites (N-methyl/N-ethyl adjacent to an activating group) is 1. The van der Waals surface area contributed by atoms with Gasteiger partial charge in [0, 0.05) is 11.6 Å². The molecule has 3 heteroatoms. The van der Waals surface area contributed by atoms with Crippen molar-refractivity contribution in [2.24, 2.45) is 0 Å². The summed E-state index contributed by atoms with van der Waals surface area (Å²) in [6.45, 7) is 9.96. The molecule has 0 aliphatic heterocycles. The fraction of sp³-hybridized carbons (Fsp3) is 1.00. The van der Waals surface area contributed by atoms with Crippen molar-refractivity contribution < 1.29 is 5.11 Å². The van der Waals surface area contributed by atoms with Crippen molar-refractivity contribution in [3.8, 4) is 0 Å². The lowest BCUT2D eigenvalue weighted by atomic mass is 9.96. The van der Waals surface area contributed by atoms with Gasteiger partial charge in [0.05, 0.1) is 6.61 Å². The summed E-state index contributed by atoms with van der Waals surface area (Å²) in [5.41, 5.74) is -0.0856. The van der Waals surface area contributed by atoms with Crippen LogP contribution in [0.15, 0.2) is 0 Å². The van der Waals surface area contributed by atoms with Gasteiger partial charge >= 0.3 is 0 Å². The van der Waals surface area contributed by atoms with E-state index in [9.17, 15) is 5.11 Å². The summed E-state index contributed by atoms with van der Waals surface area (Å²) >= 11 is 0. The van der Waals surface area contributed by atoms with Crippen molar-refractivity contribution in [1.29, 1.82) is 0 Å². The molecule has 1 saturated carbocycles. The van der Waals surface area contributed by atoms with E-state index in [0.29, 0.717) is 0 Å². The molecule has 1 unspecified atom stereocenters. The van der Waals surface area contributed by atoms with Gasteiger partial charge in [0.15, 0.2) is 0 Å². The van der Waals surface area contributed by atoms with E-state index in [1.807, 2.05) is 0 Å². The Labute approximate surface area is 100 Å². The zero-order chi connectivity index (χ0) is 12.0. The van der Waals surface area contributed by atoms with E-state index in [-0.39, 0.29) is 12.1 Å². The molecule has 1 aliphatic rings. The molecule has 0 amide bonds. The summed E-state index contributed by atoms with van der Waals surface area (Å²) in [6.07, 6.45) is 5.01. The van der Waals surface area contributed by atoms with Gasteiger partial charge in [-0.25, -0.2) is 0 Å². The van der Waals surface area contributed by atoms with Gasteiger partial charge < -0.3 is 15.3 Å². The highest BCUT2D eigenvalue weighted by Gasteiger charge is 2.28. The van der Waals surface area contributed by atoms with Gasteiger partial charge in [-0.3, -0.25) is 0 Å². The summed E-state index contributed by atoms with van der Waals surface area (Å²) in [4.78, 5) is 2.57. The van der Waals surface area contributed by atoms with E-state index in [0.717, 1.165) is 19.0 Å². The highest BCUT2D eigenvalue weighted by molar-refractivity contribution is 4.86. The van der Waals surface area contributed by atoms with E-state index in [4.69, 9.17) is 0 Å². The topological polar surface area (TPSA) is 35.5 Å². The summed E-state index contributed by atoms with van der Waals surface area (Å²) in [7, 11) is 0. The first-order valence-electron chi connectivity index (χ1n) is 6.75. The predicted octanol–water partition coefficient (Wildman–Crippen LogP) is 1.61. The largest absolute Gasteiger partial charge is 0.394 e. The third-order valence-corrected chi connectivity index (χ3v) is 3.60. The Hall–Kier alpha value is -0.120. The smallest absolute Gasteiger partial charge is 0.0610 e. The average Bonchev–Trinajstić information content (AvgIpc) is 3.09. The van der Waals surface area contributed by atoms with Gasteiger partial charge in [-0.2, -0.15) is 0 Å². The van der Waals surface area contributed by atoms with Gasteiger partial charge in [0.2, 0.25) is 0 Å². The Morgan fingerprint density at radius 1 is 1.38 bits per heavy atom. The molecule has 0 aromatic carbocycles. The number of nitrogens with one attached hydrogen (secondary N) is 1. The molecule has 1 atom stereocenters. The third-order valence-electron chi connectivity index (χ3n) is 3.60. The zero-order valence-corrected chi connectivity index (χ0v) is 11.1. The van der Waals surface area contributed by atoms with Gasteiger partial charge in [0.1, 0.15) is 0 Å². The molecule has 0 aromatic heterocycles. The minimum Gasteiger partial charge on any atom is -0.394 e. The van der Waals surface area contributed by atoms with Crippen LogP contribution in [0, 0.1) is 0 Å². The first kappa shape index (κ1) is 13.9. The standard InChI is InChI=1S/C13H28N2O/c1-4-14-13(3,11-16)9-6-10-15(5-2)12-7-8-12/h12,14,16H,4-11H2,1-3H3. The second kappa shape index (κ2) is 6.58. The molecule has 96 valence electrons. The molecular formula is C13H28N2O. The Bertz CT molecular complexity index is 194. The molecule has 0 heterocycles. The maximum Gasteiger partial charge on any atom is 0.0610 e. The van der Waals surface area contributed by atoms with Crippen LogP contribution < -0.4 is 5.32 Å². The quantitative estimate of drug-likeness (QED) is 0.629. The lowest BCUT2D eigenvalue weighted by molar-refractivity contribution is 0.158. The summed E-state index contributed by atoms with van der Waals surface area (Å²) in [6, 6.07) is 0.865. The molecule has 0 aromatic rings. The number of hydrogen-bond donors (Lipinski definition) is 2. The predicted molar refractivity (Wildman–Crippen MR) is 68.7 cm³/mol. The second-order valence-corrected chi connectivity index (χ2v) is 5.21. The molecule has 0 spiro atoms. The fourth-order valence-corrected chi connectivity index (χ4v) is 2.36. The van der Waals surface area contributed by atoms with E-state index in [1.54, 1.807) is 0 Å². The third kappa shape index (κ3) is 4.40. The van der Waals surface area contributed by atoms with Gasteiger partial charge in [0.25, 0.3) is 0 Å². The minimum absolute atomic E-state index is 0.0856. The highest BCUT2D eigenvalue weighted by atomic mass is 16.3. The molecule has 0 saturated heterocycles. The first-order chi connectivity index (χ1) is 7.65. The Morgan fingerprint density at radius 2 is 2.06 bits per heavy atom. The average molecular weight is 228 g/mol. The van der Waals surface area contributed by atoms with E-state index in [2.05, 4.69) is 31.0 Å². The van der Waals surface area contributed by atoms with Crippen LogP contribution in [-0.2, 0) is 0 Å². The summed E-state index contributed by atoms with van der Waals surface area (Å²) in [5, 5.41) is 12.8. The highest BCUT2D eigenvalue weighted by Crippen LogP contribution is 2.27. The molecule has 16 heavy (non-hydrogen) atoms. The van der Waals surface area contributed by atoms with Crippen LogP contribution in [0.5, 0.6) is 0 Å². The van der Waals surface area contributed by atoms with Crippen molar-refractivity contribution >= 4 is 0 Å². The monoisotopic (exact) mass is 228 g/mol. The van der Waals surface area contributed by atoms with Crippen LogP contribution in [0.25, 0.3) is 0 Å². The number of aliphatic hydroxyl groups is 1. The summed E-state index contributed by atoms with van der Waals surface area (Å²) < 4.78 is 0. The maximum absolute atomic E-state index is 9.38. The van der Waals surface area contributed by atoms with E-state index >= 15 is 0 Å². The molecule has 0 bridgehead atoms. The molecule has 1 aliphatic carbocycles. The number of rotatable bonds is 9. The van der Waals surface area contributed by atoms with Crippen LogP contribution in [0.3, 0.4) is 0 Å². The fourth-order valence-electron chi connectivity index (χ4n) is 2.36. The first-order valence-corrected chi connectivity index (χ1v) is 6.75. The lowest BCUT2D eigenvalue weighted by Gasteiger charge is -2.29. The van der Waals surface area contributed by atoms with Crippen molar-refractivity contribution in [3.63, 3.8) is 0 Å². The van der Waals surface area contributed by atoms with Crippen molar-refractivity contribution in [3.05, 3.63) is 0 Å². The van der Waals surface area contributed by atoms with Gasteiger partial charge in [-0.1, -0.05) is 13.8 Å². The van der Waals surface area contributed by atoms with Crippen LogP contribution >= 0.6 is 0 Å². The number of aliphatic hydroxyl groups excluding tert-OH is 1. The molecular weight excluding hydrogens is 200 g/mol.